The lowest BCUT2D eigenvalue weighted by molar-refractivity contribution is 0.266. The second kappa shape index (κ2) is 5.64. The van der Waals surface area contributed by atoms with Crippen LogP contribution in [0.15, 0.2) is 22.4 Å². The molecule has 2 rings (SSSR count). The second-order valence-corrected chi connectivity index (χ2v) is 7.28. The average Bonchev–Trinajstić information content (AvgIpc) is 2.87. The molecule has 0 saturated heterocycles. The summed E-state index contributed by atoms with van der Waals surface area (Å²) in [5.74, 6) is 0.394. The van der Waals surface area contributed by atoms with Crippen LogP contribution in [0.25, 0.3) is 0 Å². The minimum absolute atomic E-state index is 0.0474. The van der Waals surface area contributed by atoms with Crippen molar-refractivity contribution in [3.8, 4) is 0 Å². The van der Waals surface area contributed by atoms with Crippen molar-refractivity contribution in [1.82, 2.24) is 14.5 Å². The predicted molar refractivity (Wildman–Crippen MR) is 77.3 cm³/mol. The largest absolute Gasteiger partial charge is 0.409 e. The maximum atomic E-state index is 12.5. The molecule has 0 unspecified atom stereocenters. The van der Waals surface area contributed by atoms with E-state index in [2.05, 4.69) is 21.9 Å². The summed E-state index contributed by atoms with van der Waals surface area (Å²) in [5.41, 5.74) is 4.74. The summed E-state index contributed by atoms with van der Waals surface area (Å²) in [6.45, 7) is 2.10. The van der Waals surface area contributed by atoms with Gasteiger partial charge < -0.3 is 10.9 Å². The van der Waals surface area contributed by atoms with Crippen LogP contribution in [-0.2, 0) is 17.1 Å². The molecular weight excluding hydrogens is 294 g/mol. The Bertz CT molecular complexity index is 629. The molecule has 118 valence electrons. The molecule has 9 heteroatoms. The number of nitrogens with one attached hydrogen (secondary N) is 1. The quantitative estimate of drug-likeness (QED) is 0.321. The van der Waals surface area contributed by atoms with Gasteiger partial charge in [0.25, 0.3) is 10.0 Å². The van der Waals surface area contributed by atoms with Gasteiger partial charge in [-0.25, -0.2) is 8.42 Å². The van der Waals surface area contributed by atoms with Crippen molar-refractivity contribution in [2.75, 3.05) is 0 Å². The van der Waals surface area contributed by atoms with E-state index >= 15 is 0 Å². The fraction of sp³-hybridized carbons (Fsp3) is 0.667. The Morgan fingerprint density at radius 3 is 2.67 bits per heavy atom. The van der Waals surface area contributed by atoms with Crippen molar-refractivity contribution in [2.45, 2.75) is 43.2 Å². The molecule has 1 saturated carbocycles. The Morgan fingerprint density at radius 1 is 1.57 bits per heavy atom. The van der Waals surface area contributed by atoms with Crippen molar-refractivity contribution in [3.05, 3.63) is 12.3 Å². The van der Waals surface area contributed by atoms with E-state index in [4.69, 9.17) is 10.9 Å². The van der Waals surface area contributed by atoms with Crippen LogP contribution in [0.3, 0.4) is 0 Å². The minimum atomic E-state index is -3.80. The van der Waals surface area contributed by atoms with Gasteiger partial charge in [-0.05, 0) is 37.7 Å². The molecule has 8 nitrogen and oxygen atoms in total. The van der Waals surface area contributed by atoms with Crippen LogP contribution >= 0.6 is 0 Å². The number of amidine groups is 1. The SMILES string of the molecule is CC1CCC(NS(=O)(=O)c2ccnn2C)(C(N)=NO)CC1. The fourth-order valence-corrected chi connectivity index (χ4v) is 4.26. The van der Waals surface area contributed by atoms with Crippen LogP contribution in [0.5, 0.6) is 0 Å². The molecule has 1 aliphatic carbocycles. The number of aromatic nitrogens is 2. The summed E-state index contributed by atoms with van der Waals surface area (Å²) in [4.78, 5) is 0. The standard InChI is InChI=1S/C12H21N5O3S/c1-9-3-6-12(7-4-9,11(13)15-18)16-21(19,20)10-5-8-14-17(10)2/h5,8-9,16,18H,3-4,6-7H2,1-2H3,(H2,13,15). The van der Waals surface area contributed by atoms with Gasteiger partial charge in [0.1, 0.15) is 0 Å². The van der Waals surface area contributed by atoms with Crippen molar-refractivity contribution < 1.29 is 13.6 Å². The molecule has 1 aliphatic rings. The molecule has 0 amide bonds. The van der Waals surface area contributed by atoms with Crippen LogP contribution in [0.2, 0.25) is 0 Å². The first kappa shape index (κ1) is 15.8. The predicted octanol–water partition coefficient (Wildman–Crippen LogP) is 0.394. The van der Waals surface area contributed by atoms with Gasteiger partial charge >= 0.3 is 0 Å². The summed E-state index contributed by atoms with van der Waals surface area (Å²) in [5, 5.41) is 16.0. The smallest absolute Gasteiger partial charge is 0.258 e. The number of rotatable bonds is 4. The van der Waals surface area contributed by atoms with Gasteiger partial charge in [0.2, 0.25) is 0 Å². The zero-order chi connectivity index (χ0) is 15.7. The lowest BCUT2D eigenvalue weighted by atomic mass is 9.77. The molecule has 0 aliphatic heterocycles. The zero-order valence-corrected chi connectivity index (χ0v) is 13.0. The first-order valence-electron chi connectivity index (χ1n) is 6.81. The highest BCUT2D eigenvalue weighted by Gasteiger charge is 2.42. The number of aryl methyl sites for hydroxylation is 1. The van der Waals surface area contributed by atoms with Crippen molar-refractivity contribution in [1.29, 1.82) is 0 Å². The third-order valence-corrected chi connectivity index (χ3v) is 5.72. The van der Waals surface area contributed by atoms with Crippen LogP contribution in [0, 0.1) is 5.92 Å². The second-order valence-electron chi connectivity index (χ2n) is 5.65. The summed E-state index contributed by atoms with van der Waals surface area (Å²) in [6.07, 6.45) is 4.03. The van der Waals surface area contributed by atoms with Crippen LogP contribution in [0.4, 0.5) is 0 Å². The van der Waals surface area contributed by atoms with Gasteiger partial charge in [-0.3, -0.25) is 4.68 Å². The number of hydrogen-bond acceptors (Lipinski definition) is 5. The topological polar surface area (TPSA) is 123 Å². The van der Waals surface area contributed by atoms with Crippen molar-refractivity contribution >= 4 is 15.9 Å². The molecule has 1 heterocycles. The molecule has 21 heavy (non-hydrogen) atoms. The van der Waals surface area contributed by atoms with Crippen LogP contribution < -0.4 is 10.5 Å². The van der Waals surface area contributed by atoms with Crippen LogP contribution in [0.1, 0.15) is 32.6 Å². The number of sulfonamides is 1. The average molecular weight is 315 g/mol. The Kier molecular flexibility index (Phi) is 4.24. The molecule has 4 N–H and O–H groups in total. The Morgan fingerprint density at radius 2 is 2.19 bits per heavy atom. The maximum Gasteiger partial charge on any atom is 0.258 e. The van der Waals surface area contributed by atoms with Gasteiger partial charge in [0, 0.05) is 7.05 Å². The molecule has 0 bridgehead atoms. The molecular formula is C12H21N5O3S. The van der Waals surface area contributed by atoms with E-state index in [1.54, 1.807) is 7.05 Å². The van der Waals surface area contributed by atoms with E-state index < -0.39 is 15.6 Å². The summed E-state index contributed by atoms with van der Waals surface area (Å²) in [7, 11) is -2.25. The van der Waals surface area contributed by atoms with E-state index in [9.17, 15) is 8.42 Å². The molecule has 1 aromatic rings. The van der Waals surface area contributed by atoms with E-state index in [-0.39, 0.29) is 10.9 Å². The highest BCUT2D eigenvalue weighted by molar-refractivity contribution is 7.89. The highest BCUT2D eigenvalue weighted by Crippen LogP contribution is 2.33. The Balaban J connectivity index is 2.34. The van der Waals surface area contributed by atoms with Gasteiger partial charge in [0.05, 0.1) is 11.7 Å². The first-order chi connectivity index (χ1) is 9.81. The molecule has 0 aromatic carbocycles. The molecule has 1 aromatic heterocycles. The first-order valence-corrected chi connectivity index (χ1v) is 8.29. The minimum Gasteiger partial charge on any atom is -0.409 e. The zero-order valence-electron chi connectivity index (χ0n) is 12.2. The molecule has 0 radical (unpaired) electrons. The number of hydrogen-bond donors (Lipinski definition) is 3. The summed E-state index contributed by atoms with van der Waals surface area (Å²) >= 11 is 0. The molecule has 1 fully saturated rings. The third kappa shape index (κ3) is 3.03. The van der Waals surface area contributed by atoms with E-state index in [0.717, 1.165) is 12.8 Å². The van der Waals surface area contributed by atoms with Gasteiger partial charge in [-0.1, -0.05) is 12.1 Å². The van der Waals surface area contributed by atoms with Gasteiger partial charge in [0.15, 0.2) is 10.9 Å². The van der Waals surface area contributed by atoms with E-state index in [0.29, 0.717) is 18.8 Å². The summed E-state index contributed by atoms with van der Waals surface area (Å²) < 4.78 is 28.9. The van der Waals surface area contributed by atoms with Crippen molar-refractivity contribution in [3.63, 3.8) is 0 Å². The van der Waals surface area contributed by atoms with Crippen LogP contribution in [-0.4, -0.2) is 34.8 Å². The van der Waals surface area contributed by atoms with Gasteiger partial charge in [-0.2, -0.15) is 9.82 Å². The highest BCUT2D eigenvalue weighted by atomic mass is 32.2. The molecule has 0 spiro atoms. The Labute approximate surface area is 124 Å². The van der Waals surface area contributed by atoms with Crippen molar-refractivity contribution in [2.24, 2.45) is 23.9 Å². The Hall–Kier alpha value is -1.61. The molecule has 0 atom stereocenters. The lowest BCUT2D eigenvalue weighted by Crippen LogP contribution is -2.59. The third-order valence-electron chi connectivity index (χ3n) is 4.11. The van der Waals surface area contributed by atoms with E-state index in [1.807, 2.05) is 0 Å². The van der Waals surface area contributed by atoms with E-state index in [1.165, 1.54) is 16.9 Å². The number of nitrogens with two attached hydrogens (primary N) is 1. The number of oxime groups is 1. The lowest BCUT2D eigenvalue weighted by Gasteiger charge is -2.38. The summed E-state index contributed by atoms with van der Waals surface area (Å²) in [6, 6.07) is 1.41. The fourth-order valence-electron chi connectivity index (χ4n) is 2.70. The van der Waals surface area contributed by atoms with Gasteiger partial charge in [-0.15, -0.1) is 0 Å². The normalized spacial score (nSPS) is 27.7. The number of nitrogens with zero attached hydrogens (tertiary/aromatic N) is 3. The maximum absolute atomic E-state index is 12.5. The monoisotopic (exact) mass is 315 g/mol.